The Morgan fingerprint density at radius 2 is 1.87 bits per heavy atom. The van der Waals surface area contributed by atoms with Gasteiger partial charge in [0.1, 0.15) is 27.0 Å². The first-order valence-electron chi connectivity index (χ1n) is 11.6. The zero-order chi connectivity index (χ0) is 27.4. The van der Waals surface area contributed by atoms with Gasteiger partial charge in [0, 0.05) is 46.1 Å². The van der Waals surface area contributed by atoms with Gasteiger partial charge < -0.3 is 18.9 Å². The average molecular weight is 550 g/mol. The van der Waals surface area contributed by atoms with E-state index in [0.29, 0.717) is 52.0 Å². The van der Waals surface area contributed by atoms with Crippen molar-refractivity contribution >= 4 is 26.8 Å². The highest BCUT2D eigenvalue weighted by molar-refractivity contribution is 7.91. The van der Waals surface area contributed by atoms with Crippen molar-refractivity contribution in [3.8, 4) is 28.0 Å². The van der Waals surface area contributed by atoms with Gasteiger partial charge in [-0.05, 0) is 51.0 Å². The van der Waals surface area contributed by atoms with E-state index in [4.69, 9.17) is 4.52 Å². The molecule has 38 heavy (non-hydrogen) atoms. The maximum Gasteiger partial charge on any atom is 0.573 e. The minimum absolute atomic E-state index is 0.0113. The normalized spacial score (nSPS) is 16.1. The first-order valence-corrected chi connectivity index (χ1v) is 13.4. The summed E-state index contributed by atoms with van der Waals surface area (Å²) in [6.45, 7) is 3.48. The Morgan fingerprint density at radius 3 is 2.47 bits per heavy atom. The van der Waals surface area contributed by atoms with Gasteiger partial charge in [-0.25, -0.2) is 18.2 Å². The number of aromatic carboxylic acids is 1. The highest BCUT2D eigenvalue weighted by Gasteiger charge is 2.34. The van der Waals surface area contributed by atoms with Crippen LogP contribution in [-0.2, 0) is 9.84 Å². The number of carbonyl (C=O) groups is 1. The minimum atomic E-state index is -5.07. The molecule has 4 heterocycles. The molecule has 4 aromatic rings. The summed E-state index contributed by atoms with van der Waals surface area (Å²) in [5.41, 5.74) is 2.33. The van der Waals surface area contributed by atoms with Crippen molar-refractivity contribution in [1.82, 2.24) is 14.7 Å². The van der Waals surface area contributed by atoms with Crippen LogP contribution >= 0.6 is 0 Å². The number of halogens is 3. The molecule has 0 radical (unpaired) electrons. The molecule has 1 aromatic carbocycles. The molecule has 0 amide bonds. The quantitative estimate of drug-likeness (QED) is 0.355. The zero-order valence-electron chi connectivity index (χ0n) is 20.2. The van der Waals surface area contributed by atoms with Crippen molar-refractivity contribution in [2.24, 2.45) is 0 Å². The van der Waals surface area contributed by atoms with Crippen LogP contribution in [0.1, 0.15) is 40.7 Å². The Labute approximate surface area is 214 Å². The largest absolute Gasteiger partial charge is 0.573 e. The Bertz CT molecular complexity index is 1640. The molecule has 1 aliphatic rings. The second-order valence-electron chi connectivity index (χ2n) is 9.19. The van der Waals surface area contributed by atoms with Crippen molar-refractivity contribution in [3.63, 3.8) is 0 Å². The van der Waals surface area contributed by atoms with E-state index in [2.05, 4.69) is 14.9 Å². The van der Waals surface area contributed by atoms with Crippen LogP contribution in [-0.4, -0.2) is 52.1 Å². The molecule has 0 bridgehead atoms. The average Bonchev–Trinajstić information content (AvgIpc) is 3.37. The Balaban J connectivity index is 1.75. The van der Waals surface area contributed by atoms with Crippen LogP contribution in [0, 0.1) is 13.8 Å². The third-order valence-corrected chi connectivity index (χ3v) is 8.37. The van der Waals surface area contributed by atoms with Gasteiger partial charge in [-0.15, -0.1) is 13.2 Å². The molecule has 0 unspecified atom stereocenters. The number of nitrogens with zero attached hydrogens (tertiary/aromatic N) is 3. The lowest BCUT2D eigenvalue weighted by Crippen LogP contribution is -2.25. The number of hydrogen-bond donors (Lipinski definition) is 1. The SMILES string of the molecule is Cc1noc(C)c1-c1cnc2c(c1)c(-c1ccc(C(=O)O)cc1OC(F)(F)F)cn2C1CCS(=O)(=O)CC1. The summed E-state index contributed by atoms with van der Waals surface area (Å²) in [7, 11) is -3.16. The summed E-state index contributed by atoms with van der Waals surface area (Å²) in [4.78, 5) is 16.1. The third kappa shape index (κ3) is 4.85. The fraction of sp³-hybridized carbons (Fsp3) is 0.320. The van der Waals surface area contributed by atoms with Crippen LogP contribution in [0.2, 0.25) is 0 Å². The molecule has 0 aliphatic carbocycles. The maximum atomic E-state index is 13.3. The van der Waals surface area contributed by atoms with E-state index in [1.165, 1.54) is 12.1 Å². The van der Waals surface area contributed by atoms with E-state index in [1.54, 1.807) is 36.9 Å². The van der Waals surface area contributed by atoms with Gasteiger partial charge >= 0.3 is 12.3 Å². The molecular formula is C25H22F3N3O6S. The number of aryl methyl sites for hydroxylation is 2. The number of carboxylic acid groups (broad SMARTS) is 1. The van der Waals surface area contributed by atoms with Crippen molar-refractivity contribution in [2.45, 2.75) is 39.1 Å². The summed E-state index contributed by atoms with van der Waals surface area (Å²) < 4.78 is 75.3. The summed E-state index contributed by atoms with van der Waals surface area (Å²) in [5, 5.41) is 13.8. The number of alkyl halides is 3. The predicted octanol–water partition coefficient (Wildman–Crippen LogP) is 5.32. The molecule has 1 saturated heterocycles. The number of benzene rings is 1. The zero-order valence-corrected chi connectivity index (χ0v) is 21.1. The number of hydrogen-bond acceptors (Lipinski definition) is 7. The fourth-order valence-electron chi connectivity index (χ4n) is 4.90. The summed E-state index contributed by atoms with van der Waals surface area (Å²) in [6.07, 6.45) is -1.20. The molecule has 0 atom stereocenters. The number of pyridine rings is 1. The van der Waals surface area contributed by atoms with Crippen LogP contribution in [0.4, 0.5) is 13.2 Å². The molecule has 1 N–H and O–H groups in total. The van der Waals surface area contributed by atoms with Crippen molar-refractivity contribution < 1.29 is 40.8 Å². The van der Waals surface area contributed by atoms with Gasteiger partial charge in [0.2, 0.25) is 0 Å². The summed E-state index contributed by atoms with van der Waals surface area (Å²) in [5.74, 6) is -1.57. The lowest BCUT2D eigenvalue weighted by molar-refractivity contribution is -0.274. The number of sulfone groups is 1. The maximum absolute atomic E-state index is 13.3. The summed E-state index contributed by atoms with van der Waals surface area (Å²) >= 11 is 0. The standard InChI is InChI=1S/C25H22F3N3O6S/c1-13-22(14(2)37-30-13)16-9-19-20(18-4-3-15(24(32)33)10-21(18)36-25(26,27)28)12-31(23(19)29-11-16)17-5-7-38(34,35)8-6-17/h3-4,9-12,17H,5-8H2,1-2H3,(H,32,33). The van der Waals surface area contributed by atoms with E-state index in [9.17, 15) is 31.5 Å². The monoisotopic (exact) mass is 549 g/mol. The Kier molecular flexibility index (Phi) is 6.21. The molecule has 9 nitrogen and oxygen atoms in total. The van der Waals surface area contributed by atoms with Gasteiger partial charge in [0.25, 0.3) is 0 Å². The lowest BCUT2D eigenvalue weighted by atomic mass is 10.00. The second kappa shape index (κ2) is 9.15. The van der Waals surface area contributed by atoms with Gasteiger partial charge in [0.15, 0.2) is 0 Å². The van der Waals surface area contributed by atoms with Gasteiger partial charge in [-0.1, -0.05) is 5.16 Å². The smallest absolute Gasteiger partial charge is 0.478 e. The molecule has 5 rings (SSSR count). The van der Waals surface area contributed by atoms with E-state index >= 15 is 0 Å². The molecule has 3 aromatic heterocycles. The lowest BCUT2D eigenvalue weighted by Gasteiger charge is -2.24. The van der Waals surface area contributed by atoms with Crippen molar-refractivity contribution in [2.75, 3.05) is 11.5 Å². The second-order valence-corrected chi connectivity index (χ2v) is 11.5. The fourth-order valence-corrected chi connectivity index (χ4v) is 6.37. The molecule has 1 aliphatic heterocycles. The van der Waals surface area contributed by atoms with Crippen LogP contribution in [0.3, 0.4) is 0 Å². The molecule has 0 saturated carbocycles. The van der Waals surface area contributed by atoms with Crippen LogP contribution < -0.4 is 4.74 Å². The number of fused-ring (bicyclic) bond motifs is 1. The minimum Gasteiger partial charge on any atom is -0.478 e. The summed E-state index contributed by atoms with van der Waals surface area (Å²) in [6, 6.07) is 4.79. The van der Waals surface area contributed by atoms with Crippen LogP contribution in [0.5, 0.6) is 5.75 Å². The topological polar surface area (TPSA) is 125 Å². The van der Waals surface area contributed by atoms with Gasteiger partial charge in [0.05, 0.1) is 22.8 Å². The molecular weight excluding hydrogens is 527 g/mol. The molecule has 1 fully saturated rings. The Hall–Kier alpha value is -3.87. The predicted molar refractivity (Wildman–Crippen MR) is 131 cm³/mol. The van der Waals surface area contributed by atoms with E-state index in [-0.39, 0.29) is 28.7 Å². The van der Waals surface area contributed by atoms with Crippen molar-refractivity contribution in [3.05, 3.63) is 53.7 Å². The molecule has 200 valence electrons. The van der Waals surface area contributed by atoms with Crippen LogP contribution in [0.25, 0.3) is 33.3 Å². The number of carboxylic acids is 1. The number of ether oxygens (including phenoxy) is 1. The highest BCUT2D eigenvalue weighted by Crippen LogP contribution is 2.42. The number of aromatic nitrogens is 3. The van der Waals surface area contributed by atoms with Crippen LogP contribution in [0.15, 0.2) is 41.2 Å². The van der Waals surface area contributed by atoms with E-state index in [1.807, 2.05) is 0 Å². The van der Waals surface area contributed by atoms with E-state index in [0.717, 1.165) is 6.07 Å². The number of rotatable bonds is 5. The Morgan fingerprint density at radius 1 is 1.16 bits per heavy atom. The van der Waals surface area contributed by atoms with Gasteiger partial charge in [-0.2, -0.15) is 0 Å². The van der Waals surface area contributed by atoms with Gasteiger partial charge in [-0.3, -0.25) is 0 Å². The molecule has 0 spiro atoms. The highest BCUT2D eigenvalue weighted by atomic mass is 32.2. The first-order chi connectivity index (χ1) is 17.8. The first kappa shape index (κ1) is 25.8. The van der Waals surface area contributed by atoms with Crippen molar-refractivity contribution in [1.29, 1.82) is 0 Å². The third-order valence-electron chi connectivity index (χ3n) is 6.65. The van der Waals surface area contributed by atoms with E-state index < -0.39 is 27.9 Å². The molecule has 13 heteroatoms.